The van der Waals surface area contributed by atoms with Crippen molar-refractivity contribution >= 4 is 11.8 Å². The molecule has 0 bridgehead atoms. The molecule has 2 N–H and O–H groups in total. The van der Waals surface area contributed by atoms with Crippen molar-refractivity contribution in [3.8, 4) is 0 Å². The van der Waals surface area contributed by atoms with E-state index in [9.17, 15) is 14.0 Å². The third-order valence-electron chi connectivity index (χ3n) is 3.28. The Morgan fingerprint density at radius 3 is 2.30 bits per heavy atom. The topological polar surface area (TPSA) is 61.4 Å². The van der Waals surface area contributed by atoms with Crippen molar-refractivity contribution in [1.82, 2.24) is 15.5 Å². The molecule has 1 aromatic rings. The summed E-state index contributed by atoms with van der Waals surface area (Å²) in [6, 6.07) is 6.31. The standard InChI is InChI=1S/C17H26FN3O2/c1-4-21(12-17(23)20-13(2)3)11-16(22)19-10-9-14-5-7-15(18)8-6-14/h5-8,13H,4,9-12H2,1-3H3,(H,19,22)(H,20,23). The van der Waals surface area contributed by atoms with Crippen LogP contribution in [0.2, 0.25) is 0 Å². The van der Waals surface area contributed by atoms with Gasteiger partial charge in [-0.1, -0.05) is 19.1 Å². The SMILES string of the molecule is CCN(CC(=O)NCCc1ccc(F)cc1)CC(=O)NC(C)C. The molecule has 0 aliphatic carbocycles. The van der Waals surface area contributed by atoms with Gasteiger partial charge in [-0.2, -0.15) is 0 Å². The van der Waals surface area contributed by atoms with Gasteiger partial charge in [-0.05, 0) is 44.5 Å². The highest BCUT2D eigenvalue weighted by Gasteiger charge is 2.13. The van der Waals surface area contributed by atoms with Gasteiger partial charge in [-0.15, -0.1) is 0 Å². The molecule has 1 aromatic carbocycles. The molecule has 0 unspecified atom stereocenters. The fraction of sp³-hybridized carbons (Fsp3) is 0.529. The smallest absolute Gasteiger partial charge is 0.234 e. The summed E-state index contributed by atoms with van der Waals surface area (Å²) in [6.07, 6.45) is 0.645. The van der Waals surface area contributed by atoms with Gasteiger partial charge < -0.3 is 10.6 Å². The summed E-state index contributed by atoms with van der Waals surface area (Å²) >= 11 is 0. The number of rotatable bonds is 9. The number of nitrogens with one attached hydrogen (secondary N) is 2. The molecule has 0 heterocycles. The maximum Gasteiger partial charge on any atom is 0.234 e. The van der Waals surface area contributed by atoms with Crippen LogP contribution in [0.15, 0.2) is 24.3 Å². The van der Waals surface area contributed by atoms with E-state index in [1.807, 2.05) is 20.8 Å². The van der Waals surface area contributed by atoms with Crippen LogP contribution in [0.4, 0.5) is 4.39 Å². The molecule has 0 spiro atoms. The first-order valence-electron chi connectivity index (χ1n) is 7.93. The number of carbonyl (C=O) groups excluding carboxylic acids is 2. The Bertz CT molecular complexity index is 503. The van der Waals surface area contributed by atoms with Crippen molar-refractivity contribution in [3.63, 3.8) is 0 Å². The Balaban J connectivity index is 2.30. The zero-order chi connectivity index (χ0) is 17.2. The predicted octanol–water partition coefficient (Wildman–Crippen LogP) is 1.33. The number of hydrogen-bond acceptors (Lipinski definition) is 3. The Morgan fingerprint density at radius 1 is 1.13 bits per heavy atom. The lowest BCUT2D eigenvalue weighted by molar-refractivity contribution is -0.125. The van der Waals surface area contributed by atoms with E-state index in [1.165, 1.54) is 12.1 Å². The molecule has 23 heavy (non-hydrogen) atoms. The summed E-state index contributed by atoms with van der Waals surface area (Å²) in [5.74, 6) is -0.469. The second kappa shape index (κ2) is 9.94. The van der Waals surface area contributed by atoms with Crippen molar-refractivity contribution in [2.24, 2.45) is 0 Å². The maximum absolute atomic E-state index is 12.8. The van der Waals surface area contributed by atoms with Crippen LogP contribution in [0, 0.1) is 5.82 Å². The van der Waals surface area contributed by atoms with Gasteiger partial charge >= 0.3 is 0 Å². The molecule has 0 atom stereocenters. The first kappa shape index (κ1) is 19.1. The number of amides is 2. The molecule has 0 aliphatic rings. The monoisotopic (exact) mass is 323 g/mol. The van der Waals surface area contributed by atoms with E-state index in [-0.39, 0.29) is 36.8 Å². The lowest BCUT2D eigenvalue weighted by Crippen LogP contribution is -2.44. The molecule has 128 valence electrons. The quantitative estimate of drug-likeness (QED) is 0.721. The average Bonchev–Trinajstić information content (AvgIpc) is 2.47. The van der Waals surface area contributed by atoms with Gasteiger partial charge in [-0.3, -0.25) is 14.5 Å². The second-order valence-corrected chi connectivity index (χ2v) is 5.75. The van der Waals surface area contributed by atoms with Crippen LogP contribution in [-0.4, -0.2) is 48.9 Å². The van der Waals surface area contributed by atoms with Crippen LogP contribution >= 0.6 is 0 Å². The summed E-state index contributed by atoms with van der Waals surface area (Å²) < 4.78 is 12.8. The molecular weight excluding hydrogens is 297 g/mol. The zero-order valence-corrected chi connectivity index (χ0v) is 14.1. The van der Waals surface area contributed by atoms with Gasteiger partial charge in [0.05, 0.1) is 13.1 Å². The van der Waals surface area contributed by atoms with Gasteiger partial charge in [0.2, 0.25) is 11.8 Å². The zero-order valence-electron chi connectivity index (χ0n) is 14.1. The molecule has 2 amide bonds. The van der Waals surface area contributed by atoms with Gasteiger partial charge in [-0.25, -0.2) is 4.39 Å². The first-order chi connectivity index (χ1) is 10.9. The Morgan fingerprint density at radius 2 is 1.74 bits per heavy atom. The molecule has 0 aliphatic heterocycles. The summed E-state index contributed by atoms with van der Waals surface area (Å²) in [6.45, 7) is 7.21. The highest BCUT2D eigenvalue weighted by molar-refractivity contribution is 5.81. The Labute approximate surface area is 137 Å². The van der Waals surface area contributed by atoms with Gasteiger partial charge in [0.15, 0.2) is 0 Å². The number of nitrogens with zero attached hydrogens (tertiary/aromatic N) is 1. The van der Waals surface area contributed by atoms with E-state index in [1.54, 1.807) is 17.0 Å². The van der Waals surface area contributed by atoms with Gasteiger partial charge in [0, 0.05) is 12.6 Å². The Kier molecular flexibility index (Phi) is 8.26. The van der Waals surface area contributed by atoms with Crippen LogP contribution in [-0.2, 0) is 16.0 Å². The summed E-state index contributed by atoms with van der Waals surface area (Å²) in [5, 5.41) is 5.63. The summed E-state index contributed by atoms with van der Waals surface area (Å²) in [4.78, 5) is 25.4. The summed E-state index contributed by atoms with van der Waals surface area (Å²) in [7, 11) is 0. The molecule has 0 radical (unpaired) electrons. The predicted molar refractivity (Wildman–Crippen MR) is 88.5 cm³/mol. The third-order valence-corrected chi connectivity index (χ3v) is 3.28. The molecule has 0 aromatic heterocycles. The van der Waals surface area contributed by atoms with Gasteiger partial charge in [0.25, 0.3) is 0 Å². The summed E-state index contributed by atoms with van der Waals surface area (Å²) in [5.41, 5.74) is 0.968. The van der Waals surface area contributed by atoms with Crippen LogP contribution in [0.1, 0.15) is 26.3 Å². The number of halogens is 1. The number of likely N-dealkylation sites (N-methyl/N-ethyl adjacent to an activating group) is 1. The van der Waals surface area contributed by atoms with Crippen molar-refractivity contribution in [3.05, 3.63) is 35.6 Å². The number of benzene rings is 1. The Hall–Kier alpha value is -1.95. The van der Waals surface area contributed by atoms with E-state index in [2.05, 4.69) is 10.6 Å². The van der Waals surface area contributed by atoms with Crippen LogP contribution < -0.4 is 10.6 Å². The third kappa shape index (κ3) is 8.30. The largest absolute Gasteiger partial charge is 0.355 e. The molecule has 6 heteroatoms. The van der Waals surface area contributed by atoms with E-state index >= 15 is 0 Å². The van der Waals surface area contributed by atoms with E-state index in [0.717, 1.165) is 5.56 Å². The fourth-order valence-corrected chi connectivity index (χ4v) is 2.11. The van der Waals surface area contributed by atoms with Crippen LogP contribution in [0.3, 0.4) is 0 Å². The molecular formula is C17H26FN3O2. The normalized spacial score (nSPS) is 10.9. The maximum atomic E-state index is 12.8. The second-order valence-electron chi connectivity index (χ2n) is 5.75. The highest BCUT2D eigenvalue weighted by Crippen LogP contribution is 2.02. The molecule has 0 fully saturated rings. The van der Waals surface area contributed by atoms with Crippen LogP contribution in [0.5, 0.6) is 0 Å². The fourth-order valence-electron chi connectivity index (χ4n) is 2.11. The molecule has 1 rings (SSSR count). The van der Waals surface area contributed by atoms with E-state index in [4.69, 9.17) is 0 Å². The minimum atomic E-state index is -0.268. The van der Waals surface area contributed by atoms with Crippen molar-refractivity contribution in [2.75, 3.05) is 26.2 Å². The van der Waals surface area contributed by atoms with E-state index < -0.39 is 0 Å². The van der Waals surface area contributed by atoms with Crippen LogP contribution in [0.25, 0.3) is 0 Å². The first-order valence-corrected chi connectivity index (χ1v) is 7.93. The highest BCUT2D eigenvalue weighted by atomic mass is 19.1. The minimum absolute atomic E-state index is 0.0824. The van der Waals surface area contributed by atoms with Crippen molar-refractivity contribution in [1.29, 1.82) is 0 Å². The van der Waals surface area contributed by atoms with Gasteiger partial charge in [0.1, 0.15) is 5.82 Å². The number of carbonyl (C=O) groups is 2. The lowest BCUT2D eigenvalue weighted by atomic mass is 10.1. The minimum Gasteiger partial charge on any atom is -0.355 e. The lowest BCUT2D eigenvalue weighted by Gasteiger charge is -2.20. The number of hydrogen-bond donors (Lipinski definition) is 2. The molecule has 0 saturated heterocycles. The molecule has 0 saturated carbocycles. The molecule has 5 nitrogen and oxygen atoms in total. The van der Waals surface area contributed by atoms with Crippen molar-refractivity contribution in [2.45, 2.75) is 33.2 Å². The van der Waals surface area contributed by atoms with E-state index in [0.29, 0.717) is 19.5 Å². The van der Waals surface area contributed by atoms with Crippen molar-refractivity contribution < 1.29 is 14.0 Å². The average molecular weight is 323 g/mol.